The highest BCUT2D eigenvalue weighted by Gasteiger charge is 2.33. The second kappa shape index (κ2) is 8.76. The van der Waals surface area contributed by atoms with Crippen molar-refractivity contribution in [1.82, 2.24) is 15.2 Å². The van der Waals surface area contributed by atoms with Crippen LogP contribution in [0.4, 0.5) is 23.2 Å². The van der Waals surface area contributed by atoms with Crippen LogP contribution in [0.15, 0.2) is 34.6 Å². The Kier molecular flexibility index (Phi) is 6.38. The second-order valence-electron chi connectivity index (χ2n) is 6.22. The zero-order valence-corrected chi connectivity index (χ0v) is 16.2. The lowest BCUT2D eigenvalue weighted by Crippen LogP contribution is -2.52. The Morgan fingerprint density at radius 1 is 1.21 bits per heavy atom. The Morgan fingerprint density at radius 2 is 1.93 bits per heavy atom. The number of guanidine groups is 1. The minimum absolute atomic E-state index is 0.0800. The molecule has 1 N–H and O–H groups in total. The van der Waals surface area contributed by atoms with E-state index in [9.17, 15) is 17.6 Å². The number of hydrogen-bond donors (Lipinski definition) is 1. The van der Waals surface area contributed by atoms with Gasteiger partial charge < -0.3 is 15.1 Å². The molecule has 1 aliphatic heterocycles. The summed E-state index contributed by atoms with van der Waals surface area (Å²) in [5.41, 5.74) is -0.308. The summed E-state index contributed by atoms with van der Waals surface area (Å²) in [5, 5.41) is 4.48. The van der Waals surface area contributed by atoms with E-state index in [1.165, 1.54) is 6.07 Å². The first-order valence-corrected chi connectivity index (χ1v) is 9.80. The van der Waals surface area contributed by atoms with Crippen LogP contribution in [0, 0.1) is 5.82 Å². The lowest BCUT2D eigenvalue weighted by atomic mass is 10.2. The quantitative estimate of drug-likeness (QED) is 0.471. The fraction of sp³-hybridized carbons (Fsp3) is 0.444. The molecule has 0 spiro atoms. The lowest BCUT2D eigenvalue weighted by Gasteiger charge is -2.37. The molecule has 0 atom stereocenters. The van der Waals surface area contributed by atoms with Gasteiger partial charge in [0.25, 0.3) is 0 Å². The van der Waals surface area contributed by atoms with Gasteiger partial charge in [0, 0.05) is 38.1 Å². The van der Waals surface area contributed by atoms with Gasteiger partial charge in [0.2, 0.25) is 0 Å². The number of hydrogen-bond acceptors (Lipinski definition) is 4. The SMILES string of the molecule is CCNC(=NCc1nc(C(F)(F)F)cs1)N1CCN(c2ccccc2F)CC1. The molecule has 1 aromatic heterocycles. The predicted octanol–water partition coefficient (Wildman–Crippen LogP) is 3.59. The van der Waals surface area contributed by atoms with E-state index in [2.05, 4.69) is 15.3 Å². The van der Waals surface area contributed by atoms with Crippen molar-refractivity contribution >= 4 is 23.0 Å². The molecular formula is C18H21F4N5S. The van der Waals surface area contributed by atoms with Crippen LogP contribution < -0.4 is 10.2 Å². The molecule has 10 heteroatoms. The van der Waals surface area contributed by atoms with Crippen LogP contribution in [-0.2, 0) is 12.7 Å². The standard InChI is InChI=1S/C18H21F4N5S/c1-2-23-17(24-11-16-25-15(12-28-16)18(20,21)22)27-9-7-26(8-10-27)14-6-4-3-5-13(14)19/h3-6,12H,2,7-11H2,1H3,(H,23,24). The second-order valence-corrected chi connectivity index (χ2v) is 7.16. The van der Waals surface area contributed by atoms with Gasteiger partial charge in [0.15, 0.2) is 11.7 Å². The summed E-state index contributed by atoms with van der Waals surface area (Å²) in [6, 6.07) is 6.66. The molecule has 5 nitrogen and oxygen atoms in total. The third-order valence-corrected chi connectivity index (χ3v) is 5.15. The highest BCUT2D eigenvalue weighted by atomic mass is 32.1. The summed E-state index contributed by atoms with van der Waals surface area (Å²) in [6.45, 7) is 5.16. The first-order valence-electron chi connectivity index (χ1n) is 8.93. The highest BCUT2D eigenvalue weighted by molar-refractivity contribution is 7.09. The minimum atomic E-state index is -4.44. The molecule has 28 heavy (non-hydrogen) atoms. The summed E-state index contributed by atoms with van der Waals surface area (Å²) in [5.74, 6) is 0.375. The Hall–Kier alpha value is -2.36. The molecule has 0 bridgehead atoms. The number of aromatic nitrogens is 1. The van der Waals surface area contributed by atoms with Crippen LogP contribution in [0.3, 0.4) is 0 Å². The molecule has 3 rings (SSSR count). The average molecular weight is 415 g/mol. The van der Waals surface area contributed by atoms with E-state index in [4.69, 9.17) is 0 Å². The number of piperazine rings is 1. The smallest absolute Gasteiger partial charge is 0.366 e. The van der Waals surface area contributed by atoms with Crippen LogP contribution in [0.1, 0.15) is 17.6 Å². The van der Waals surface area contributed by atoms with E-state index in [1.807, 2.05) is 16.7 Å². The zero-order chi connectivity index (χ0) is 20.1. The molecule has 2 heterocycles. The maximum Gasteiger partial charge on any atom is 0.434 e. The van der Waals surface area contributed by atoms with Crippen LogP contribution in [0.25, 0.3) is 0 Å². The summed E-state index contributed by atoms with van der Waals surface area (Å²) < 4.78 is 52.0. The summed E-state index contributed by atoms with van der Waals surface area (Å²) in [7, 11) is 0. The van der Waals surface area contributed by atoms with Crippen molar-refractivity contribution < 1.29 is 17.6 Å². The van der Waals surface area contributed by atoms with Crippen molar-refractivity contribution in [2.24, 2.45) is 4.99 Å². The number of aliphatic imine (C=N–C) groups is 1. The Morgan fingerprint density at radius 3 is 2.54 bits per heavy atom. The van der Waals surface area contributed by atoms with Crippen LogP contribution >= 0.6 is 11.3 Å². The number of halogens is 4. The van der Waals surface area contributed by atoms with E-state index in [-0.39, 0.29) is 12.4 Å². The first-order chi connectivity index (χ1) is 13.4. The van der Waals surface area contributed by atoms with Gasteiger partial charge in [-0.05, 0) is 19.1 Å². The molecule has 1 saturated heterocycles. The van der Waals surface area contributed by atoms with E-state index < -0.39 is 11.9 Å². The molecule has 1 fully saturated rings. The van der Waals surface area contributed by atoms with E-state index >= 15 is 0 Å². The van der Waals surface area contributed by atoms with E-state index in [0.717, 1.165) is 16.7 Å². The fourth-order valence-electron chi connectivity index (χ4n) is 2.95. The van der Waals surface area contributed by atoms with Gasteiger partial charge in [-0.1, -0.05) is 12.1 Å². The summed E-state index contributed by atoms with van der Waals surface area (Å²) >= 11 is 0.948. The number of rotatable bonds is 4. The van der Waals surface area contributed by atoms with Gasteiger partial charge >= 0.3 is 6.18 Å². The van der Waals surface area contributed by atoms with Gasteiger partial charge in [-0.25, -0.2) is 14.4 Å². The van der Waals surface area contributed by atoms with Crippen molar-refractivity contribution in [3.63, 3.8) is 0 Å². The molecule has 2 aromatic rings. The van der Waals surface area contributed by atoms with Crippen molar-refractivity contribution in [2.75, 3.05) is 37.6 Å². The number of thiazole rings is 1. The number of nitrogens with zero attached hydrogens (tertiary/aromatic N) is 4. The molecule has 0 saturated carbocycles. The lowest BCUT2D eigenvalue weighted by molar-refractivity contribution is -0.140. The average Bonchev–Trinajstić information content (AvgIpc) is 3.15. The van der Waals surface area contributed by atoms with Gasteiger partial charge in [0.1, 0.15) is 10.8 Å². The van der Waals surface area contributed by atoms with Gasteiger partial charge in [0.05, 0.1) is 12.2 Å². The fourth-order valence-corrected chi connectivity index (χ4v) is 3.67. The van der Waals surface area contributed by atoms with Crippen molar-refractivity contribution in [2.45, 2.75) is 19.6 Å². The monoisotopic (exact) mass is 415 g/mol. The normalized spacial score (nSPS) is 15.8. The third-order valence-electron chi connectivity index (χ3n) is 4.31. The van der Waals surface area contributed by atoms with Gasteiger partial charge in [-0.3, -0.25) is 0 Å². The van der Waals surface area contributed by atoms with Crippen LogP contribution in [0.5, 0.6) is 0 Å². The number of benzene rings is 1. The molecule has 0 unspecified atom stereocenters. The molecule has 1 aliphatic rings. The van der Waals surface area contributed by atoms with E-state index in [1.54, 1.807) is 18.2 Å². The van der Waals surface area contributed by atoms with Gasteiger partial charge in [-0.15, -0.1) is 11.3 Å². The Bertz CT molecular complexity index is 812. The Balaban J connectivity index is 1.64. The number of para-hydroxylation sites is 1. The largest absolute Gasteiger partial charge is 0.434 e. The molecule has 0 aliphatic carbocycles. The maximum absolute atomic E-state index is 14.0. The topological polar surface area (TPSA) is 43.8 Å². The van der Waals surface area contributed by atoms with Crippen molar-refractivity contribution in [1.29, 1.82) is 0 Å². The summed E-state index contributed by atoms with van der Waals surface area (Å²) in [6.07, 6.45) is -4.44. The zero-order valence-electron chi connectivity index (χ0n) is 15.3. The molecule has 0 amide bonds. The summed E-state index contributed by atoms with van der Waals surface area (Å²) in [4.78, 5) is 12.1. The predicted molar refractivity (Wildman–Crippen MR) is 102 cm³/mol. The van der Waals surface area contributed by atoms with Crippen LogP contribution in [-0.4, -0.2) is 48.6 Å². The maximum atomic E-state index is 14.0. The highest BCUT2D eigenvalue weighted by Crippen LogP contribution is 2.30. The molecule has 1 aromatic carbocycles. The Labute approximate surface area is 164 Å². The molecular weight excluding hydrogens is 394 g/mol. The van der Waals surface area contributed by atoms with Gasteiger partial charge in [-0.2, -0.15) is 13.2 Å². The van der Waals surface area contributed by atoms with E-state index in [0.29, 0.717) is 49.4 Å². The number of anilines is 1. The molecule has 152 valence electrons. The number of nitrogens with one attached hydrogen (secondary N) is 1. The van der Waals surface area contributed by atoms with Crippen molar-refractivity contribution in [3.8, 4) is 0 Å². The van der Waals surface area contributed by atoms with Crippen LogP contribution in [0.2, 0.25) is 0 Å². The minimum Gasteiger partial charge on any atom is -0.366 e. The number of alkyl halides is 3. The first kappa shape index (κ1) is 20.4. The molecule has 0 radical (unpaired) electrons. The van der Waals surface area contributed by atoms with Crippen molar-refractivity contribution in [3.05, 3.63) is 46.2 Å². The third kappa shape index (κ3) is 4.92.